The third kappa shape index (κ3) is 9.17. The summed E-state index contributed by atoms with van der Waals surface area (Å²) in [4.78, 5) is 0.315. The molecular formula is C39H49NO4S. The molecule has 1 atom stereocenters. The Kier molecular flexibility index (Phi) is 12.2. The highest BCUT2D eigenvalue weighted by Crippen LogP contribution is 2.40. The number of hydrogen-bond acceptors (Lipinski definition) is 4. The summed E-state index contributed by atoms with van der Waals surface area (Å²) in [5.41, 5.74) is 11.4. The Balaban J connectivity index is 1.62. The predicted molar refractivity (Wildman–Crippen MR) is 184 cm³/mol. The number of nitrogens with zero attached hydrogens (tertiary/aromatic N) is 1. The Morgan fingerprint density at radius 1 is 0.978 bits per heavy atom. The number of rotatable bonds is 11. The van der Waals surface area contributed by atoms with E-state index in [0.717, 1.165) is 47.1 Å². The van der Waals surface area contributed by atoms with Crippen molar-refractivity contribution in [2.24, 2.45) is 0 Å². The van der Waals surface area contributed by atoms with Crippen molar-refractivity contribution >= 4 is 10.0 Å². The third-order valence-electron chi connectivity index (χ3n) is 8.46. The maximum Gasteiger partial charge on any atom is 0.243 e. The van der Waals surface area contributed by atoms with E-state index in [2.05, 4.69) is 83.8 Å². The van der Waals surface area contributed by atoms with Gasteiger partial charge in [-0.3, -0.25) is 0 Å². The molecule has 2 heterocycles. The van der Waals surface area contributed by atoms with Crippen molar-refractivity contribution in [3.8, 4) is 11.8 Å². The Labute approximate surface area is 271 Å². The number of benzene rings is 2. The molecule has 2 aliphatic rings. The van der Waals surface area contributed by atoms with Gasteiger partial charge in [-0.05, 0) is 102 Å². The van der Waals surface area contributed by atoms with Gasteiger partial charge in [-0.15, -0.1) is 0 Å². The maximum absolute atomic E-state index is 13.7. The second kappa shape index (κ2) is 15.9. The fourth-order valence-electron chi connectivity index (χ4n) is 5.73. The van der Waals surface area contributed by atoms with Crippen LogP contribution in [0.2, 0.25) is 0 Å². The van der Waals surface area contributed by atoms with Gasteiger partial charge in [0.2, 0.25) is 10.0 Å². The molecule has 0 radical (unpaired) electrons. The number of sulfonamides is 1. The molecule has 240 valence electrons. The van der Waals surface area contributed by atoms with E-state index in [4.69, 9.17) is 9.47 Å². The molecule has 2 aliphatic heterocycles. The lowest BCUT2D eigenvalue weighted by molar-refractivity contribution is 0.0982. The van der Waals surface area contributed by atoms with E-state index in [0.29, 0.717) is 37.9 Å². The predicted octanol–water partition coefficient (Wildman–Crippen LogP) is 8.68. The first kappa shape index (κ1) is 34.7. The minimum absolute atomic E-state index is 0.101. The Bertz CT molecular complexity index is 1660. The molecule has 0 saturated carbocycles. The van der Waals surface area contributed by atoms with Gasteiger partial charge in [0.15, 0.2) is 0 Å². The molecular weight excluding hydrogens is 578 g/mol. The van der Waals surface area contributed by atoms with E-state index in [1.165, 1.54) is 27.9 Å². The van der Waals surface area contributed by atoms with E-state index >= 15 is 0 Å². The minimum atomic E-state index is -3.66. The van der Waals surface area contributed by atoms with Crippen molar-refractivity contribution in [3.05, 3.63) is 110 Å². The van der Waals surface area contributed by atoms with Crippen molar-refractivity contribution < 1.29 is 17.9 Å². The molecule has 0 fully saturated rings. The van der Waals surface area contributed by atoms with Crippen LogP contribution in [0.3, 0.4) is 0 Å². The molecule has 0 bridgehead atoms. The molecule has 0 N–H and O–H groups in total. The van der Waals surface area contributed by atoms with Crippen LogP contribution >= 0.6 is 0 Å². The first-order chi connectivity index (χ1) is 21.5. The molecule has 0 aliphatic carbocycles. The number of fused-ring (bicyclic) bond motifs is 2. The van der Waals surface area contributed by atoms with Crippen LogP contribution in [0.15, 0.2) is 81.8 Å². The van der Waals surface area contributed by atoms with Crippen LogP contribution in [0.1, 0.15) is 100 Å². The van der Waals surface area contributed by atoms with E-state index in [-0.39, 0.29) is 12.5 Å². The zero-order valence-corrected chi connectivity index (χ0v) is 28.9. The highest BCUT2D eigenvalue weighted by atomic mass is 32.2. The van der Waals surface area contributed by atoms with Crippen LogP contribution in [0, 0.1) is 18.8 Å². The lowest BCUT2D eigenvalue weighted by Crippen LogP contribution is -2.25. The molecule has 1 unspecified atom stereocenters. The Hall–Kier alpha value is -3.21. The molecule has 2 aromatic rings. The quantitative estimate of drug-likeness (QED) is 0.142. The van der Waals surface area contributed by atoms with Gasteiger partial charge in [0.25, 0.3) is 0 Å². The highest BCUT2D eigenvalue weighted by molar-refractivity contribution is 7.89. The lowest BCUT2D eigenvalue weighted by Gasteiger charge is -2.29. The van der Waals surface area contributed by atoms with Crippen LogP contribution in [-0.2, 0) is 39.2 Å². The average Bonchev–Trinajstić information content (AvgIpc) is 3.43. The second-order valence-corrected chi connectivity index (χ2v) is 14.7. The minimum Gasteiger partial charge on any atom is -0.376 e. The van der Waals surface area contributed by atoms with Crippen molar-refractivity contribution in [3.63, 3.8) is 0 Å². The van der Waals surface area contributed by atoms with Crippen molar-refractivity contribution in [2.45, 2.75) is 98.2 Å². The van der Waals surface area contributed by atoms with E-state index in [1.807, 2.05) is 19.1 Å². The third-order valence-corrected chi connectivity index (χ3v) is 10.3. The normalized spacial score (nSPS) is 16.8. The summed E-state index contributed by atoms with van der Waals surface area (Å²) in [5, 5.41) is 0. The molecule has 2 aromatic carbocycles. The van der Waals surface area contributed by atoms with E-state index in [9.17, 15) is 8.42 Å². The molecule has 0 saturated heterocycles. The lowest BCUT2D eigenvalue weighted by atomic mass is 9.82. The molecule has 0 amide bonds. The SMILES string of the molecule is CC(C)=CC/C=C(\C)C1COCc2c1cc1c(c2C#CCOC/C=C(\C)CCC=C(C)C)CN(S(=O)(=O)c2ccc(C)cc2)C1. The van der Waals surface area contributed by atoms with Crippen molar-refractivity contribution in [1.29, 1.82) is 0 Å². The summed E-state index contributed by atoms with van der Waals surface area (Å²) in [5.74, 6) is 6.75. The number of hydrogen-bond donors (Lipinski definition) is 0. The standard InChI is InChI=1S/C39H49NO4S/c1-28(2)11-8-13-30(5)20-22-43-21-10-15-35-37-25-40(45(41,42)34-18-16-31(6)17-19-34)24-33(37)23-36-38(26-44-27-39(35)36)32(7)14-9-12-29(3)4/h11-12,14,16-20,23,38H,8-9,13,21-22,24-27H2,1-7H3/b30-20+,32-14+. The fraction of sp³-hybridized carbons (Fsp3) is 0.436. The fourth-order valence-corrected chi connectivity index (χ4v) is 7.12. The Morgan fingerprint density at radius 3 is 2.42 bits per heavy atom. The highest BCUT2D eigenvalue weighted by Gasteiger charge is 2.35. The summed E-state index contributed by atoms with van der Waals surface area (Å²) < 4.78 is 41.0. The zero-order chi connectivity index (χ0) is 32.6. The van der Waals surface area contributed by atoms with E-state index in [1.54, 1.807) is 16.4 Å². The zero-order valence-electron chi connectivity index (χ0n) is 28.1. The summed E-state index contributed by atoms with van der Waals surface area (Å²) in [7, 11) is -3.66. The van der Waals surface area contributed by atoms with Gasteiger partial charge in [-0.1, -0.05) is 82.2 Å². The van der Waals surface area contributed by atoms with Gasteiger partial charge in [0.05, 0.1) is 24.7 Å². The van der Waals surface area contributed by atoms with Crippen LogP contribution in [0.25, 0.3) is 0 Å². The second-order valence-electron chi connectivity index (χ2n) is 12.8. The largest absolute Gasteiger partial charge is 0.376 e. The van der Waals surface area contributed by atoms with Gasteiger partial charge in [0, 0.05) is 24.6 Å². The summed E-state index contributed by atoms with van der Waals surface area (Å²) in [6.45, 7) is 17.2. The smallest absolute Gasteiger partial charge is 0.243 e. The van der Waals surface area contributed by atoms with Crippen LogP contribution in [0.5, 0.6) is 0 Å². The molecule has 0 aromatic heterocycles. The van der Waals surface area contributed by atoms with Crippen molar-refractivity contribution in [1.82, 2.24) is 4.31 Å². The molecule has 0 spiro atoms. The first-order valence-corrected chi connectivity index (χ1v) is 17.4. The van der Waals surface area contributed by atoms with E-state index < -0.39 is 10.0 Å². The average molecular weight is 628 g/mol. The van der Waals surface area contributed by atoms with Gasteiger partial charge in [-0.2, -0.15) is 4.31 Å². The topological polar surface area (TPSA) is 55.8 Å². The van der Waals surface area contributed by atoms with Crippen molar-refractivity contribution in [2.75, 3.05) is 19.8 Å². The number of aryl methyl sites for hydroxylation is 1. The maximum atomic E-state index is 13.7. The van der Waals surface area contributed by atoms with Crippen LogP contribution < -0.4 is 0 Å². The van der Waals surface area contributed by atoms with Gasteiger partial charge in [0.1, 0.15) is 6.61 Å². The van der Waals surface area contributed by atoms with Gasteiger partial charge in [-0.25, -0.2) is 8.42 Å². The monoisotopic (exact) mass is 627 g/mol. The molecule has 6 heteroatoms. The summed E-state index contributed by atoms with van der Waals surface area (Å²) in [6.07, 6.45) is 11.8. The summed E-state index contributed by atoms with van der Waals surface area (Å²) in [6, 6.07) is 9.29. The van der Waals surface area contributed by atoms with Gasteiger partial charge < -0.3 is 9.47 Å². The van der Waals surface area contributed by atoms with Gasteiger partial charge >= 0.3 is 0 Å². The van der Waals surface area contributed by atoms with Crippen LogP contribution in [0.4, 0.5) is 0 Å². The molecule has 4 rings (SSSR count). The molecule has 5 nitrogen and oxygen atoms in total. The first-order valence-electron chi connectivity index (χ1n) is 15.9. The molecule has 45 heavy (non-hydrogen) atoms. The number of allylic oxidation sites excluding steroid dienone is 6. The number of ether oxygens (including phenoxy) is 2. The van der Waals surface area contributed by atoms with Crippen LogP contribution in [-0.4, -0.2) is 32.5 Å². The summed E-state index contributed by atoms with van der Waals surface area (Å²) >= 11 is 0. The Morgan fingerprint density at radius 2 is 1.71 bits per heavy atom.